The van der Waals surface area contributed by atoms with Crippen LogP contribution in [0.3, 0.4) is 0 Å². The molecule has 0 radical (unpaired) electrons. The lowest BCUT2D eigenvalue weighted by molar-refractivity contribution is 0.0103. The molecule has 0 bridgehead atoms. The Morgan fingerprint density at radius 1 is 1.41 bits per heavy atom. The van der Waals surface area contributed by atoms with Crippen molar-refractivity contribution in [3.05, 3.63) is 56.0 Å². The number of nitrogens with zero attached hydrogens (tertiary/aromatic N) is 2. The van der Waals surface area contributed by atoms with Gasteiger partial charge in [0.2, 0.25) is 11.4 Å². The molecule has 0 aliphatic heterocycles. The highest BCUT2D eigenvalue weighted by molar-refractivity contribution is 6.36. The van der Waals surface area contributed by atoms with Gasteiger partial charge in [0.05, 0.1) is 17.9 Å². The van der Waals surface area contributed by atoms with Crippen molar-refractivity contribution in [2.24, 2.45) is 0 Å². The van der Waals surface area contributed by atoms with Crippen LogP contribution in [0.15, 0.2) is 23.3 Å². The second-order valence-electron chi connectivity index (χ2n) is 4.25. The van der Waals surface area contributed by atoms with Gasteiger partial charge in [-0.25, -0.2) is 9.83 Å². The van der Waals surface area contributed by atoms with Crippen LogP contribution >= 0.6 is 23.2 Å². The van der Waals surface area contributed by atoms with Gasteiger partial charge in [0.25, 0.3) is 11.5 Å². The largest absolute Gasteiger partial charge is 0.449 e. The zero-order valence-electron chi connectivity index (χ0n) is 11.0. The predicted molar refractivity (Wildman–Crippen MR) is 77.2 cm³/mol. The molecule has 2 rings (SSSR count). The van der Waals surface area contributed by atoms with E-state index in [1.165, 1.54) is 12.1 Å². The van der Waals surface area contributed by atoms with Crippen LogP contribution in [-0.2, 0) is 5.92 Å². The third-order valence-corrected chi connectivity index (χ3v) is 3.14. The Morgan fingerprint density at radius 3 is 2.68 bits per heavy atom. The fraction of sp³-hybridized carbons (Fsp3) is 0.154. The number of rotatable bonds is 3. The van der Waals surface area contributed by atoms with Gasteiger partial charge in [-0.3, -0.25) is 4.79 Å². The molecule has 5 nitrogen and oxygen atoms in total. The summed E-state index contributed by atoms with van der Waals surface area (Å²) in [6.45, 7) is 7.54. The lowest BCUT2D eigenvalue weighted by Gasteiger charge is -2.15. The molecular formula is C13H7Cl2F2N3O2. The first-order chi connectivity index (χ1) is 10.2. The lowest BCUT2D eigenvalue weighted by Crippen LogP contribution is -2.19. The molecule has 1 aromatic carbocycles. The highest BCUT2D eigenvalue weighted by atomic mass is 35.5. The Bertz CT molecular complexity index is 826. The van der Waals surface area contributed by atoms with Crippen molar-refractivity contribution in [1.82, 2.24) is 9.97 Å². The molecule has 0 saturated carbocycles. The third-order valence-electron chi connectivity index (χ3n) is 2.54. The molecule has 2 aromatic rings. The second kappa shape index (κ2) is 5.91. The SMILES string of the molecule is [C-]#[N+]c1cc(Cl)cc(Oc2c(C(C)(F)F)nc[nH]c2=O)c1Cl. The molecule has 0 amide bonds. The summed E-state index contributed by atoms with van der Waals surface area (Å²) in [5.41, 5.74) is -1.79. The number of H-pyrrole nitrogens is 1. The highest BCUT2D eigenvalue weighted by Gasteiger charge is 2.33. The van der Waals surface area contributed by atoms with E-state index in [4.69, 9.17) is 34.5 Å². The molecule has 1 N–H and O–H groups in total. The zero-order valence-corrected chi connectivity index (χ0v) is 12.5. The fourth-order valence-corrected chi connectivity index (χ4v) is 2.00. The molecule has 0 fully saturated rings. The molecule has 0 aliphatic carbocycles. The first-order valence-electron chi connectivity index (χ1n) is 5.74. The average Bonchev–Trinajstić information content (AvgIpc) is 2.43. The Morgan fingerprint density at radius 2 is 2.09 bits per heavy atom. The van der Waals surface area contributed by atoms with Crippen LogP contribution in [0.1, 0.15) is 12.6 Å². The van der Waals surface area contributed by atoms with Crippen molar-refractivity contribution < 1.29 is 13.5 Å². The Kier molecular flexibility index (Phi) is 4.35. The Labute approximate surface area is 133 Å². The molecule has 0 unspecified atom stereocenters. The summed E-state index contributed by atoms with van der Waals surface area (Å²) in [6.07, 6.45) is 0.839. The van der Waals surface area contributed by atoms with E-state index in [9.17, 15) is 13.6 Å². The van der Waals surface area contributed by atoms with Crippen LogP contribution in [0, 0.1) is 6.57 Å². The minimum atomic E-state index is -3.41. The van der Waals surface area contributed by atoms with Crippen LogP contribution in [0.2, 0.25) is 10.0 Å². The smallest absolute Gasteiger partial charge is 0.294 e. The quantitative estimate of drug-likeness (QED) is 0.831. The summed E-state index contributed by atoms with van der Waals surface area (Å²) in [5.74, 6) is -4.31. The second-order valence-corrected chi connectivity index (χ2v) is 5.06. The molecule has 1 heterocycles. The van der Waals surface area contributed by atoms with E-state index in [1.54, 1.807) is 0 Å². The van der Waals surface area contributed by atoms with Crippen molar-refractivity contribution in [2.75, 3.05) is 0 Å². The normalized spacial score (nSPS) is 11.1. The average molecular weight is 346 g/mol. The molecule has 0 atom stereocenters. The summed E-state index contributed by atoms with van der Waals surface area (Å²) in [4.78, 5) is 20.5. The molecule has 0 saturated heterocycles. The van der Waals surface area contributed by atoms with Gasteiger partial charge < -0.3 is 9.72 Å². The molecule has 0 aliphatic rings. The van der Waals surface area contributed by atoms with Gasteiger partial charge in [0.1, 0.15) is 5.75 Å². The van der Waals surface area contributed by atoms with Crippen LogP contribution in [-0.4, -0.2) is 9.97 Å². The van der Waals surface area contributed by atoms with E-state index in [2.05, 4.69) is 14.8 Å². The molecule has 114 valence electrons. The number of ether oxygens (including phenoxy) is 1. The van der Waals surface area contributed by atoms with Gasteiger partial charge in [-0.1, -0.05) is 23.2 Å². The van der Waals surface area contributed by atoms with E-state index < -0.39 is 22.9 Å². The van der Waals surface area contributed by atoms with E-state index in [0.717, 1.165) is 6.33 Å². The van der Waals surface area contributed by atoms with Crippen molar-refractivity contribution in [2.45, 2.75) is 12.8 Å². The fourth-order valence-electron chi connectivity index (χ4n) is 1.61. The molecular weight excluding hydrogens is 339 g/mol. The number of aromatic nitrogens is 2. The summed E-state index contributed by atoms with van der Waals surface area (Å²) in [6, 6.07) is 2.50. The molecule has 1 aromatic heterocycles. The van der Waals surface area contributed by atoms with E-state index in [1.807, 2.05) is 0 Å². The topological polar surface area (TPSA) is 59.3 Å². The van der Waals surface area contributed by atoms with Crippen LogP contribution < -0.4 is 10.3 Å². The van der Waals surface area contributed by atoms with Crippen LogP contribution in [0.5, 0.6) is 11.5 Å². The highest BCUT2D eigenvalue weighted by Crippen LogP contribution is 2.40. The minimum absolute atomic E-state index is 0.0331. The molecule has 0 spiro atoms. The van der Waals surface area contributed by atoms with E-state index >= 15 is 0 Å². The van der Waals surface area contributed by atoms with Crippen molar-refractivity contribution in [1.29, 1.82) is 0 Å². The lowest BCUT2D eigenvalue weighted by atomic mass is 10.2. The third kappa shape index (κ3) is 3.18. The number of hydrogen-bond donors (Lipinski definition) is 1. The summed E-state index contributed by atoms with van der Waals surface area (Å²) >= 11 is 11.7. The summed E-state index contributed by atoms with van der Waals surface area (Å²) < 4.78 is 32.2. The number of aromatic amines is 1. The summed E-state index contributed by atoms with van der Waals surface area (Å²) in [7, 11) is 0. The maximum Gasteiger partial charge on any atom is 0.294 e. The first kappa shape index (κ1) is 16.2. The number of nitrogens with one attached hydrogen (secondary N) is 1. The van der Waals surface area contributed by atoms with Gasteiger partial charge >= 0.3 is 0 Å². The standard InChI is InChI=1S/C13H7Cl2F2N3O2/c1-13(16,17)11-10(12(21)20-5-19-11)22-8-4-6(14)3-7(18-2)9(8)15/h3-5H,1H3,(H,19,20,21). The zero-order chi connectivity index (χ0) is 16.5. The Balaban J connectivity index is 2.61. The van der Waals surface area contributed by atoms with Gasteiger partial charge in [-0.05, 0) is 12.1 Å². The first-order valence-corrected chi connectivity index (χ1v) is 6.50. The van der Waals surface area contributed by atoms with Gasteiger partial charge in [0, 0.05) is 11.9 Å². The van der Waals surface area contributed by atoms with Crippen LogP contribution in [0.25, 0.3) is 4.85 Å². The maximum absolute atomic E-state index is 13.5. The van der Waals surface area contributed by atoms with E-state index in [-0.39, 0.29) is 21.5 Å². The molecule has 22 heavy (non-hydrogen) atoms. The molecule has 9 heteroatoms. The Hall–Kier alpha value is -2.17. The van der Waals surface area contributed by atoms with Crippen molar-refractivity contribution in [3.8, 4) is 11.5 Å². The minimum Gasteiger partial charge on any atom is -0.449 e. The van der Waals surface area contributed by atoms with Crippen molar-refractivity contribution >= 4 is 28.9 Å². The van der Waals surface area contributed by atoms with Gasteiger partial charge in [-0.15, -0.1) is 0 Å². The van der Waals surface area contributed by atoms with E-state index in [0.29, 0.717) is 6.92 Å². The van der Waals surface area contributed by atoms with Crippen molar-refractivity contribution in [3.63, 3.8) is 0 Å². The monoisotopic (exact) mass is 345 g/mol. The summed E-state index contributed by atoms with van der Waals surface area (Å²) in [5, 5.41) is -0.0384. The maximum atomic E-state index is 13.5. The number of halogens is 4. The number of benzene rings is 1. The number of alkyl halides is 2. The number of hydrogen-bond acceptors (Lipinski definition) is 3. The van der Waals surface area contributed by atoms with Gasteiger partial charge in [-0.2, -0.15) is 8.78 Å². The predicted octanol–water partition coefficient (Wildman–Crippen LogP) is 4.53. The van der Waals surface area contributed by atoms with Crippen LogP contribution in [0.4, 0.5) is 14.5 Å². The van der Waals surface area contributed by atoms with Gasteiger partial charge in [0.15, 0.2) is 5.69 Å².